The van der Waals surface area contributed by atoms with E-state index in [1.165, 1.54) is 5.57 Å². The van der Waals surface area contributed by atoms with Crippen LogP contribution in [0.5, 0.6) is 11.5 Å². The van der Waals surface area contributed by atoms with Gasteiger partial charge in [0.05, 0.1) is 26.4 Å². The second-order valence-electron chi connectivity index (χ2n) is 7.07. The van der Waals surface area contributed by atoms with Gasteiger partial charge in [-0.3, -0.25) is 0 Å². The Morgan fingerprint density at radius 3 is 2.74 bits per heavy atom. The van der Waals surface area contributed by atoms with Gasteiger partial charge < -0.3 is 19.7 Å². The van der Waals surface area contributed by atoms with Gasteiger partial charge in [0.2, 0.25) is 0 Å². The van der Waals surface area contributed by atoms with E-state index >= 15 is 0 Å². The number of benzene rings is 1. The molecule has 23 heavy (non-hydrogen) atoms. The van der Waals surface area contributed by atoms with Crippen molar-refractivity contribution in [3.8, 4) is 11.5 Å². The van der Waals surface area contributed by atoms with E-state index in [1.54, 1.807) is 13.2 Å². The van der Waals surface area contributed by atoms with Crippen LogP contribution < -0.4 is 4.74 Å². The zero-order valence-corrected chi connectivity index (χ0v) is 14.2. The summed E-state index contributed by atoms with van der Waals surface area (Å²) < 4.78 is 11.5. The molecule has 2 N–H and O–H groups in total. The second-order valence-corrected chi connectivity index (χ2v) is 7.07. The third-order valence-corrected chi connectivity index (χ3v) is 6.08. The molecule has 1 aliphatic heterocycles. The molecule has 0 saturated carbocycles. The van der Waals surface area contributed by atoms with E-state index in [0.717, 1.165) is 5.56 Å². The molecular formula is C19H26O4. The maximum absolute atomic E-state index is 10.0. The number of hydrogen-bond donors (Lipinski definition) is 2. The minimum atomic E-state index is -0.207. The number of allylic oxidation sites excluding steroid dienone is 1. The molecule has 2 aliphatic rings. The van der Waals surface area contributed by atoms with Gasteiger partial charge in [-0.25, -0.2) is 0 Å². The number of rotatable bonds is 3. The fourth-order valence-electron chi connectivity index (χ4n) is 4.46. The molecule has 0 amide bonds. The van der Waals surface area contributed by atoms with Crippen LogP contribution in [0.2, 0.25) is 0 Å². The summed E-state index contributed by atoms with van der Waals surface area (Å²) in [5, 5.41) is 19.9. The first-order valence-corrected chi connectivity index (χ1v) is 8.22. The Labute approximate surface area is 137 Å². The Bertz CT molecular complexity index is 624. The monoisotopic (exact) mass is 318 g/mol. The Hall–Kier alpha value is -1.52. The lowest BCUT2D eigenvalue weighted by molar-refractivity contribution is -0.165. The van der Waals surface area contributed by atoms with Crippen molar-refractivity contribution in [2.24, 2.45) is 23.2 Å². The standard InChI is InChI=1S/C19H26O4/c1-11-7-12(2)19(9-20)10-23-18(17(11)13(19)3)14-5-6-15(21)16(8-14)22-4/h5-8,12-13,17-18,20-21H,9-10H2,1-4H3/t12-,13-,17+,18+,19+/m0/s1. The molecule has 1 aromatic carbocycles. The van der Waals surface area contributed by atoms with Crippen LogP contribution in [0.15, 0.2) is 29.8 Å². The molecule has 0 unspecified atom stereocenters. The van der Waals surface area contributed by atoms with Crippen LogP contribution >= 0.6 is 0 Å². The van der Waals surface area contributed by atoms with Crippen molar-refractivity contribution >= 4 is 0 Å². The van der Waals surface area contributed by atoms with Crippen LogP contribution in [0.3, 0.4) is 0 Å². The lowest BCUT2D eigenvalue weighted by Gasteiger charge is -2.55. The summed E-state index contributed by atoms with van der Waals surface area (Å²) in [6.45, 7) is 7.22. The average Bonchev–Trinajstić information content (AvgIpc) is 2.53. The largest absolute Gasteiger partial charge is 0.504 e. The van der Waals surface area contributed by atoms with Gasteiger partial charge in [-0.1, -0.05) is 31.6 Å². The van der Waals surface area contributed by atoms with Crippen molar-refractivity contribution in [2.75, 3.05) is 20.3 Å². The normalized spacial score (nSPS) is 36.5. The number of aliphatic hydroxyl groups excluding tert-OH is 1. The highest BCUT2D eigenvalue weighted by atomic mass is 16.5. The van der Waals surface area contributed by atoms with Crippen molar-refractivity contribution < 1.29 is 19.7 Å². The average molecular weight is 318 g/mol. The van der Waals surface area contributed by atoms with Crippen LogP contribution in [-0.2, 0) is 4.74 Å². The van der Waals surface area contributed by atoms with Crippen LogP contribution in [0.25, 0.3) is 0 Å². The number of fused-ring (bicyclic) bond motifs is 2. The summed E-state index contributed by atoms with van der Waals surface area (Å²) >= 11 is 0. The zero-order chi connectivity index (χ0) is 16.8. The van der Waals surface area contributed by atoms with Gasteiger partial charge in [0.1, 0.15) is 0 Å². The number of hydrogen-bond acceptors (Lipinski definition) is 4. The maximum Gasteiger partial charge on any atom is 0.160 e. The van der Waals surface area contributed by atoms with Gasteiger partial charge in [-0.2, -0.15) is 0 Å². The molecule has 1 aromatic rings. The van der Waals surface area contributed by atoms with E-state index in [2.05, 4.69) is 26.8 Å². The van der Waals surface area contributed by atoms with E-state index in [-0.39, 0.29) is 29.8 Å². The van der Waals surface area contributed by atoms with Crippen LogP contribution in [0.1, 0.15) is 32.4 Å². The highest BCUT2D eigenvalue weighted by Gasteiger charge is 2.53. The molecule has 4 nitrogen and oxygen atoms in total. The molecule has 0 aromatic heterocycles. The lowest BCUT2D eigenvalue weighted by atomic mass is 9.56. The van der Waals surface area contributed by atoms with E-state index in [0.29, 0.717) is 24.2 Å². The summed E-state index contributed by atoms with van der Waals surface area (Å²) in [5.41, 5.74) is 2.11. The molecule has 0 radical (unpaired) electrons. The SMILES string of the molecule is COc1cc([C@H]2OC[C@]3(CO)[C@@H](C)C=C(C)[C@@H]2[C@@H]3C)ccc1O. The number of methoxy groups -OCH3 is 1. The first-order chi connectivity index (χ1) is 10.9. The first-order valence-electron chi connectivity index (χ1n) is 8.22. The summed E-state index contributed by atoms with van der Waals surface area (Å²) in [7, 11) is 1.55. The summed E-state index contributed by atoms with van der Waals surface area (Å²) in [6.07, 6.45) is 2.21. The molecule has 126 valence electrons. The molecule has 1 saturated heterocycles. The molecule has 1 aliphatic carbocycles. The smallest absolute Gasteiger partial charge is 0.160 e. The Kier molecular flexibility index (Phi) is 4.15. The molecule has 1 fully saturated rings. The van der Waals surface area contributed by atoms with E-state index in [1.807, 2.05) is 12.1 Å². The highest BCUT2D eigenvalue weighted by Crippen LogP contribution is 2.56. The predicted molar refractivity (Wildman–Crippen MR) is 88.4 cm³/mol. The van der Waals surface area contributed by atoms with Gasteiger partial charge in [0.25, 0.3) is 0 Å². The third kappa shape index (κ3) is 2.36. The van der Waals surface area contributed by atoms with Crippen molar-refractivity contribution in [3.05, 3.63) is 35.4 Å². The fourth-order valence-corrected chi connectivity index (χ4v) is 4.46. The zero-order valence-electron chi connectivity index (χ0n) is 14.2. The molecule has 5 atom stereocenters. The number of phenolic OH excluding ortho intramolecular Hbond substituents is 1. The first kappa shape index (κ1) is 16.3. The summed E-state index contributed by atoms with van der Waals surface area (Å²) in [5.74, 6) is 1.44. The molecular weight excluding hydrogens is 292 g/mol. The van der Waals surface area contributed by atoms with Crippen molar-refractivity contribution in [2.45, 2.75) is 26.9 Å². The van der Waals surface area contributed by atoms with Gasteiger partial charge in [-0.05, 0) is 36.5 Å². The van der Waals surface area contributed by atoms with Crippen LogP contribution in [0, 0.1) is 23.2 Å². The van der Waals surface area contributed by atoms with Crippen molar-refractivity contribution in [1.82, 2.24) is 0 Å². The number of phenols is 1. The number of aliphatic hydroxyl groups is 1. The predicted octanol–water partition coefficient (Wildman–Crippen LogP) is 3.30. The molecule has 4 heteroatoms. The molecule has 2 bridgehead atoms. The van der Waals surface area contributed by atoms with E-state index in [4.69, 9.17) is 9.47 Å². The van der Waals surface area contributed by atoms with Crippen molar-refractivity contribution in [3.63, 3.8) is 0 Å². The molecule has 0 spiro atoms. The Morgan fingerprint density at radius 1 is 1.35 bits per heavy atom. The van der Waals surface area contributed by atoms with Crippen molar-refractivity contribution in [1.29, 1.82) is 0 Å². The molecule has 3 rings (SSSR count). The van der Waals surface area contributed by atoms with Gasteiger partial charge >= 0.3 is 0 Å². The quantitative estimate of drug-likeness (QED) is 0.840. The number of aromatic hydroxyl groups is 1. The van der Waals surface area contributed by atoms with Gasteiger partial charge in [0.15, 0.2) is 11.5 Å². The van der Waals surface area contributed by atoms with Crippen LogP contribution in [-0.4, -0.2) is 30.5 Å². The number of ether oxygens (including phenoxy) is 2. The topological polar surface area (TPSA) is 58.9 Å². The summed E-state index contributed by atoms with van der Waals surface area (Å²) in [6, 6.07) is 5.40. The lowest BCUT2D eigenvalue weighted by Crippen LogP contribution is -2.53. The van der Waals surface area contributed by atoms with Gasteiger partial charge in [-0.15, -0.1) is 0 Å². The van der Waals surface area contributed by atoms with Gasteiger partial charge in [0, 0.05) is 11.3 Å². The van der Waals surface area contributed by atoms with E-state index < -0.39 is 0 Å². The third-order valence-electron chi connectivity index (χ3n) is 6.08. The van der Waals surface area contributed by atoms with Crippen LogP contribution in [0.4, 0.5) is 0 Å². The highest BCUT2D eigenvalue weighted by molar-refractivity contribution is 5.43. The summed E-state index contributed by atoms with van der Waals surface area (Å²) in [4.78, 5) is 0. The minimum absolute atomic E-state index is 0.0806. The molecule has 1 heterocycles. The Balaban J connectivity index is 2.02. The fraction of sp³-hybridized carbons (Fsp3) is 0.579. The second kappa shape index (κ2) is 5.84. The Morgan fingerprint density at radius 2 is 2.09 bits per heavy atom. The van der Waals surface area contributed by atoms with E-state index in [9.17, 15) is 10.2 Å². The minimum Gasteiger partial charge on any atom is -0.504 e. The maximum atomic E-state index is 10.0.